The van der Waals surface area contributed by atoms with Crippen molar-refractivity contribution in [1.82, 2.24) is 15.8 Å². The first-order chi connectivity index (χ1) is 8.02. The molecule has 96 valence electrons. The van der Waals surface area contributed by atoms with Gasteiger partial charge in [0.05, 0.1) is 11.8 Å². The molecule has 0 bridgehead atoms. The lowest BCUT2D eigenvalue weighted by Gasteiger charge is -2.07. The molecule has 1 aromatic heterocycles. The van der Waals surface area contributed by atoms with Crippen molar-refractivity contribution in [1.29, 1.82) is 0 Å². The van der Waals surface area contributed by atoms with E-state index in [-0.39, 0.29) is 12.0 Å². The van der Waals surface area contributed by atoms with Crippen molar-refractivity contribution in [3.05, 3.63) is 17.0 Å². The van der Waals surface area contributed by atoms with E-state index in [0.717, 1.165) is 0 Å². The number of hydrogen-bond acceptors (Lipinski definition) is 5. The van der Waals surface area contributed by atoms with Crippen LogP contribution in [0, 0.1) is 13.8 Å². The zero-order valence-electron chi connectivity index (χ0n) is 10.4. The van der Waals surface area contributed by atoms with Gasteiger partial charge in [0.15, 0.2) is 0 Å². The first-order valence-corrected chi connectivity index (χ1v) is 5.62. The first kappa shape index (κ1) is 13.7. The summed E-state index contributed by atoms with van der Waals surface area (Å²) < 4.78 is 4.92. The van der Waals surface area contributed by atoms with Gasteiger partial charge < -0.3 is 20.3 Å². The van der Waals surface area contributed by atoms with E-state index < -0.39 is 0 Å². The van der Waals surface area contributed by atoms with E-state index in [0.29, 0.717) is 36.7 Å². The van der Waals surface area contributed by atoms with Crippen LogP contribution in [0.5, 0.6) is 0 Å². The van der Waals surface area contributed by atoms with E-state index in [1.54, 1.807) is 20.8 Å². The molecule has 1 aromatic rings. The normalized spacial score (nSPS) is 12.5. The van der Waals surface area contributed by atoms with Gasteiger partial charge in [0.25, 0.3) is 5.91 Å². The largest absolute Gasteiger partial charge is 0.392 e. The molecule has 0 fully saturated rings. The number of rotatable bonds is 6. The molecule has 6 nitrogen and oxygen atoms in total. The molecule has 6 heteroatoms. The van der Waals surface area contributed by atoms with Crippen LogP contribution in [0.2, 0.25) is 0 Å². The number of carbonyl (C=O) groups excluding carboxylic acids is 1. The van der Waals surface area contributed by atoms with Gasteiger partial charge in [-0.05, 0) is 20.8 Å². The van der Waals surface area contributed by atoms with Gasteiger partial charge in [0.1, 0.15) is 11.3 Å². The Bertz CT molecular complexity index is 355. The Morgan fingerprint density at radius 3 is 2.71 bits per heavy atom. The van der Waals surface area contributed by atoms with Crippen molar-refractivity contribution in [2.45, 2.75) is 26.9 Å². The molecular formula is C11H19N3O3. The monoisotopic (exact) mass is 241 g/mol. The second-order valence-corrected chi connectivity index (χ2v) is 4.01. The summed E-state index contributed by atoms with van der Waals surface area (Å²) in [5, 5.41) is 18.5. The van der Waals surface area contributed by atoms with E-state index in [1.807, 2.05) is 0 Å². The summed E-state index contributed by atoms with van der Waals surface area (Å²) >= 11 is 0. The predicted molar refractivity (Wildman–Crippen MR) is 62.9 cm³/mol. The highest BCUT2D eigenvalue weighted by Gasteiger charge is 2.16. The number of hydrogen-bond donors (Lipinski definition) is 3. The number of aryl methyl sites for hydroxylation is 2. The fraction of sp³-hybridized carbons (Fsp3) is 0.636. The Hall–Kier alpha value is -1.40. The molecule has 0 spiro atoms. The smallest absolute Gasteiger partial charge is 0.256 e. The lowest BCUT2D eigenvalue weighted by Crippen LogP contribution is -2.34. The Morgan fingerprint density at radius 2 is 2.18 bits per heavy atom. The van der Waals surface area contributed by atoms with E-state index in [1.165, 1.54) is 0 Å². The molecule has 0 saturated heterocycles. The second kappa shape index (κ2) is 6.36. The molecule has 0 radical (unpaired) electrons. The minimum atomic E-state index is -0.381. The Balaban J connectivity index is 2.31. The highest BCUT2D eigenvalue weighted by molar-refractivity contribution is 5.96. The zero-order valence-corrected chi connectivity index (χ0v) is 10.4. The van der Waals surface area contributed by atoms with Crippen molar-refractivity contribution in [3.8, 4) is 0 Å². The third kappa shape index (κ3) is 4.16. The molecule has 0 aliphatic rings. The summed E-state index contributed by atoms with van der Waals surface area (Å²) in [4.78, 5) is 11.8. The topological polar surface area (TPSA) is 87.4 Å². The van der Waals surface area contributed by atoms with E-state index in [4.69, 9.17) is 9.63 Å². The van der Waals surface area contributed by atoms with Gasteiger partial charge in [-0.2, -0.15) is 0 Å². The second-order valence-electron chi connectivity index (χ2n) is 4.01. The van der Waals surface area contributed by atoms with Crippen molar-refractivity contribution >= 4 is 5.91 Å². The summed E-state index contributed by atoms with van der Waals surface area (Å²) in [5.41, 5.74) is 1.09. The fourth-order valence-electron chi connectivity index (χ4n) is 1.47. The minimum Gasteiger partial charge on any atom is -0.392 e. The third-order valence-electron chi connectivity index (χ3n) is 2.29. The number of aliphatic hydroxyl groups is 1. The van der Waals surface area contributed by atoms with Gasteiger partial charge in [0, 0.05) is 19.6 Å². The van der Waals surface area contributed by atoms with Crippen LogP contribution in [-0.4, -0.2) is 41.9 Å². The van der Waals surface area contributed by atoms with Gasteiger partial charge in [-0.15, -0.1) is 0 Å². The van der Waals surface area contributed by atoms with Crippen LogP contribution in [0.4, 0.5) is 0 Å². The lowest BCUT2D eigenvalue weighted by molar-refractivity contribution is 0.0951. The summed E-state index contributed by atoms with van der Waals surface area (Å²) in [6.07, 6.45) is -0.381. The first-order valence-electron chi connectivity index (χ1n) is 5.62. The molecule has 17 heavy (non-hydrogen) atoms. The summed E-state index contributed by atoms with van der Waals surface area (Å²) in [5.74, 6) is 0.344. The SMILES string of the molecule is Cc1noc(C)c1C(=O)NCCNCC(C)O. The number of amides is 1. The average molecular weight is 241 g/mol. The number of nitrogens with one attached hydrogen (secondary N) is 2. The molecule has 3 N–H and O–H groups in total. The highest BCUT2D eigenvalue weighted by atomic mass is 16.5. The maximum atomic E-state index is 11.8. The molecule has 1 rings (SSSR count). The van der Waals surface area contributed by atoms with E-state index in [2.05, 4.69) is 15.8 Å². The highest BCUT2D eigenvalue weighted by Crippen LogP contribution is 2.11. The van der Waals surface area contributed by atoms with Gasteiger partial charge in [-0.25, -0.2) is 0 Å². The van der Waals surface area contributed by atoms with Crippen LogP contribution >= 0.6 is 0 Å². The molecule has 0 saturated carbocycles. The van der Waals surface area contributed by atoms with Crippen LogP contribution in [0.15, 0.2) is 4.52 Å². The molecule has 1 heterocycles. The van der Waals surface area contributed by atoms with Crippen LogP contribution in [0.25, 0.3) is 0 Å². The molecule has 0 aliphatic carbocycles. The lowest BCUT2D eigenvalue weighted by atomic mass is 10.2. The molecule has 1 unspecified atom stereocenters. The van der Waals surface area contributed by atoms with E-state index in [9.17, 15) is 4.79 Å². The van der Waals surface area contributed by atoms with Crippen molar-refractivity contribution in [3.63, 3.8) is 0 Å². The van der Waals surface area contributed by atoms with Crippen molar-refractivity contribution in [2.24, 2.45) is 0 Å². The zero-order chi connectivity index (χ0) is 12.8. The maximum Gasteiger partial charge on any atom is 0.256 e. The fourth-order valence-corrected chi connectivity index (χ4v) is 1.47. The van der Waals surface area contributed by atoms with Gasteiger partial charge in [-0.3, -0.25) is 4.79 Å². The van der Waals surface area contributed by atoms with Crippen LogP contribution in [0.1, 0.15) is 28.7 Å². The van der Waals surface area contributed by atoms with Crippen molar-refractivity contribution < 1.29 is 14.4 Å². The molecule has 1 amide bonds. The third-order valence-corrected chi connectivity index (χ3v) is 2.29. The maximum absolute atomic E-state index is 11.8. The molecule has 0 aliphatic heterocycles. The van der Waals surface area contributed by atoms with Crippen LogP contribution in [0.3, 0.4) is 0 Å². The Kier molecular flexibility index (Phi) is 5.11. The van der Waals surface area contributed by atoms with Crippen LogP contribution in [-0.2, 0) is 0 Å². The summed E-state index contributed by atoms with van der Waals surface area (Å²) in [6.45, 7) is 6.77. The van der Waals surface area contributed by atoms with Crippen molar-refractivity contribution in [2.75, 3.05) is 19.6 Å². The van der Waals surface area contributed by atoms with Crippen LogP contribution < -0.4 is 10.6 Å². The Morgan fingerprint density at radius 1 is 1.47 bits per heavy atom. The molecule has 0 aromatic carbocycles. The Labute approximate surface area is 100 Å². The van der Waals surface area contributed by atoms with Gasteiger partial charge in [-0.1, -0.05) is 5.16 Å². The number of aromatic nitrogens is 1. The summed E-state index contributed by atoms with van der Waals surface area (Å²) in [6, 6.07) is 0. The van der Waals surface area contributed by atoms with E-state index >= 15 is 0 Å². The van der Waals surface area contributed by atoms with Gasteiger partial charge >= 0.3 is 0 Å². The molecule has 1 atom stereocenters. The molecular weight excluding hydrogens is 222 g/mol. The predicted octanol–water partition coefficient (Wildman–Crippen LogP) is -0.00836. The number of carbonyl (C=O) groups is 1. The minimum absolute atomic E-state index is 0.180. The number of nitrogens with zero attached hydrogens (tertiary/aromatic N) is 1. The number of aliphatic hydroxyl groups excluding tert-OH is 1. The summed E-state index contributed by atoms with van der Waals surface area (Å²) in [7, 11) is 0. The standard InChI is InChI=1S/C11H19N3O3/c1-7(15)6-12-4-5-13-11(16)10-8(2)14-17-9(10)3/h7,12,15H,4-6H2,1-3H3,(H,13,16). The quantitative estimate of drug-likeness (QED) is 0.610. The average Bonchev–Trinajstić information content (AvgIpc) is 2.57. The van der Waals surface area contributed by atoms with Gasteiger partial charge in [0.2, 0.25) is 0 Å².